The van der Waals surface area contributed by atoms with Gasteiger partial charge < -0.3 is 33.7 Å². The van der Waals surface area contributed by atoms with Gasteiger partial charge in [0.2, 0.25) is 0 Å². The molecule has 5 aromatic carbocycles. The topological polar surface area (TPSA) is 84.5 Å². The maximum absolute atomic E-state index is 14.9. The predicted molar refractivity (Wildman–Crippen MR) is 219 cm³/mol. The molecule has 290 valence electrons. The van der Waals surface area contributed by atoms with Crippen LogP contribution in [0.2, 0.25) is 0 Å². The van der Waals surface area contributed by atoms with Crippen molar-refractivity contribution in [2.24, 2.45) is 5.92 Å². The van der Waals surface area contributed by atoms with Crippen molar-refractivity contribution in [1.29, 1.82) is 0 Å². The summed E-state index contributed by atoms with van der Waals surface area (Å²) in [6, 6.07) is 45.8. The van der Waals surface area contributed by atoms with Crippen molar-refractivity contribution in [3.05, 3.63) is 156 Å². The number of hydrogen-bond donors (Lipinski definition) is 1. The molecule has 0 bridgehead atoms. The highest BCUT2D eigenvalue weighted by molar-refractivity contribution is 7.80. The molecule has 3 aliphatic rings. The second-order valence-electron chi connectivity index (χ2n) is 14.7. The third kappa shape index (κ3) is 9.08. The van der Waals surface area contributed by atoms with Crippen LogP contribution in [-0.4, -0.2) is 56.9 Å². The van der Waals surface area contributed by atoms with Gasteiger partial charge in [0.1, 0.15) is 30.1 Å². The molecule has 1 amide bonds. The first-order valence-electron chi connectivity index (χ1n) is 19.8. The van der Waals surface area contributed by atoms with Gasteiger partial charge in [0, 0.05) is 11.1 Å². The average Bonchev–Trinajstić information content (AvgIpc) is 3.27. The molecule has 0 radical (unpaired) electrons. The van der Waals surface area contributed by atoms with Crippen molar-refractivity contribution >= 4 is 29.7 Å². The highest BCUT2D eigenvalue weighted by Gasteiger charge is 2.52. The van der Waals surface area contributed by atoms with Gasteiger partial charge in [0.25, 0.3) is 5.91 Å². The van der Waals surface area contributed by atoms with Gasteiger partial charge in [0.15, 0.2) is 12.6 Å². The van der Waals surface area contributed by atoms with Crippen molar-refractivity contribution in [3.8, 4) is 5.75 Å². The molecule has 2 saturated heterocycles. The molecule has 5 aromatic rings. The van der Waals surface area contributed by atoms with E-state index in [0.717, 1.165) is 45.6 Å². The zero-order valence-corrected chi connectivity index (χ0v) is 32.7. The zero-order chi connectivity index (χ0) is 38.1. The van der Waals surface area contributed by atoms with E-state index in [0.29, 0.717) is 24.7 Å². The van der Waals surface area contributed by atoms with Gasteiger partial charge in [-0.25, -0.2) is 0 Å². The smallest absolute Gasteiger partial charge is 0.252 e. The Balaban J connectivity index is 1.14. The molecule has 2 aliphatic heterocycles. The summed E-state index contributed by atoms with van der Waals surface area (Å²) in [7, 11) is 0.597. The van der Waals surface area contributed by atoms with Crippen LogP contribution in [-0.2, 0) is 30.3 Å². The van der Waals surface area contributed by atoms with Crippen molar-refractivity contribution in [3.63, 3.8) is 0 Å². The molecule has 56 heavy (non-hydrogen) atoms. The molecular weight excluding hydrogens is 721 g/mol. The van der Waals surface area contributed by atoms with E-state index in [2.05, 4.69) is 59.9 Å². The number of amides is 1. The number of methoxy groups -OCH3 is 1. The Morgan fingerprint density at radius 1 is 0.732 bits per heavy atom. The largest absolute Gasteiger partial charge is 0.497 e. The van der Waals surface area contributed by atoms with Crippen LogP contribution in [0.25, 0.3) is 0 Å². The number of benzene rings is 5. The maximum atomic E-state index is 14.9. The van der Waals surface area contributed by atoms with Gasteiger partial charge in [-0.05, 0) is 66.4 Å². The molecule has 6 atom stereocenters. The second-order valence-corrected chi connectivity index (χ2v) is 16.9. The summed E-state index contributed by atoms with van der Waals surface area (Å²) in [5.41, 5.74) is 2.47. The van der Waals surface area contributed by atoms with E-state index in [-0.39, 0.29) is 12.5 Å². The lowest BCUT2D eigenvalue weighted by Gasteiger charge is -2.49. The number of carbonyl (C=O) groups excluding carboxylic acids is 1. The fraction of sp³-hybridized carbons (Fsp3) is 0.340. The average molecular weight is 772 g/mol. The first kappa shape index (κ1) is 38.5. The number of carbonyl (C=O) groups is 1. The number of ether oxygens (including phenoxy) is 6. The number of fused-ring (bicyclic) bond motifs is 1. The van der Waals surface area contributed by atoms with E-state index in [4.69, 9.17) is 28.4 Å². The highest BCUT2D eigenvalue weighted by Crippen LogP contribution is 2.38. The summed E-state index contributed by atoms with van der Waals surface area (Å²) in [5.74, 6) is 0.968. The van der Waals surface area contributed by atoms with E-state index in [1.54, 1.807) is 7.11 Å². The standard InChI is InChI=1S/C47H50NO7P/c1-50-36-28-26-35(27-29-36)46-53-32-40-43(55-46)44(51-30-33-16-6-2-7-17-33)42(47(54-40)52-31-34-18-8-3-9-19-34)48-45(49)39-24-14-15-25-41(39)56(37-20-10-4-11-21-37)38-22-12-5-13-23-38/h3-5,8-15,18-29,33,40,42-44,46-47H,2,6-7,16-17,30-32H2,1H3,(H,48,49)/t40-,42-,43-,44-,46-,47+/m1/s1. The summed E-state index contributed by atoms with van der Waals surface area (Å²) in [5, 5.41) is 6.71. The lowest BCUT2D eigenvalue weighted by atomic mass is 9.89. The van der Waals surface area contributed by atoms with Crippen LogP contribution in [0.5, 0.6) is 5.75 Å². The van der Waals surface area contributed by atoms with Crippen LogP contribution >= 0.6 is 7.92 Å². The third-order valence-corrected chi connectivity index (χ3v) is 13.5. The molecular formula is C47H50NO7P. The number of nitrogens with one attached hydrogen (secondary N) is 1. The Bertz CT molecular complexity index is 1940. The minimum atomic E-state index is -1.05. The minimum absolute atomic E-state index is 0.217. The first-order chi connectivity index (χ1) is 27.6. The zero-order valence-electron chi connectivity index (χ0n) is 31.8. The van der Waals surface area contributed by atoms with Crippen LogP contribution in [0.4, 0.5) is 0 Å². The van der Waals surface area contributed by atoms with Gasteiger partial charge in [-0.15, -0.1) is 0 Å². The molecule has 3 fully saturated rings. The molecule has 1 aliphatic carbocycles. The molecule has 9 heteroatoms. The predicted octanol–water partition coefficient (Wildman–Crippen LogP) is 7.57. The lowest BCUT2D eigenvalue weighted by molar-refractivity contribution is -0.350. The molecule has 0 unspecified atom stereocenters. The fourth-order valence-corrected chi connectivity index (χ4v) is 10.5. The second kappa shape index (κ2) is 18.7. The quantitative estimate of drug-likeness (QED) is 0.124. The normalized spacial score (nSPS) is 24.0. The van der Waals surface area contributed by atoms with E-state index in [9.17, 15) is 4.79 Å². The summed E-state index contributed by atoms with van der Waals surface area (Å²) in [6.07, 6.45) is 2.81. The Morgan fingerprint density at radius 2 is 1.38 bits per heavy atom. The fourth-order valence-electron chi connectivity index (χ4n) is 8.02. The highest BCUT2D eigenvalue weighted by atomic mass is 31.1. The van der Waals surface area contributed by atoms with Crippen LogP contribution in [0, 0.1) is 5.92 Å². The van der Waals surface area contributed by atoms with Crippen molar-refractivity contribution < 1.29 is 33.2 Å². The van der Waals surface area contributed by atoms with Crippen LogP contribution in [0.1, 0.15) is 59.9 Å². The van der Waals surface area contributed by atoms with E-state index in [1.807, 2.05) is 84.9 Å². The van der Waals surface area contributed by atoms with Gasteiger partial charge in [-0.2, -0.15) is 0 Å². The minimum Gasteiger partial charge on any atom is -0.497 e. The van der Waals surface area contributed by atoms with E-state index < -0.39 is 44.9 Å². The third-order valence-electron chi connectivity index (χ3n) is 10.9. The van der Waals surface area contributed by atoms with Gasteiger partial charge in [-0.3, -0.25) is 4.79 Å². The summed E-state index contributed by atoms with van der Waals surface area (Å²) in [4.78, 5) is 14.9. The first-order valence-corrected chi connectivity index (χ1v) is 21.1. The molecule has 2 heterocycles. The SMILES string of the molecule is COc1ccc([C@@H]2OC[C@H]3O[C@H](OCc4ccccc4)[C@H](NC(=O)c4ccccc4P(c4ccccc4)c4ccccc4)[C@@H](OCC4CCCCC4)[C@@H]3O2)cc1. The van der Waals surface area contributed by atoms with Crippen LogP contribution < -0.4 is 26.0 Å². The molecule has 8 nitrogen and oxygen atoms in total. The molecule has 1 N–H and O–H groups in total. The Hall–Kier alpha value is -4.40. The van der Waals surface area contributed by atoms with Crippen molar-refractivity contribution in [1.82, 2.24) is 5.32 Å². The van der Waals surface area contributed by atoms with Crippen LogP contribution in [0.15, 0.2) is 140 Å². The molecule has 1 saturated carbocycles. The Kier molecular flexibility index (Phi) is 12.8. The van der Waals surface area contributed by atoms with Gasteiger partial charge in [-0.1, -0.05) is 141 Å². The van der Waals surface area contributed by atoms with E-state index in [1.165, 1.54) is 19.3 Å². The number of rotatable bonds is 13. The summed E-state index contributed by atoms with van der Waals surface area (Å²) < 4.78 is 38.8. The molecule has 0 spiro atoms. The van der Waals surface area contributed by atoms with Crippen molar-refractivity contribution in [2.45, 2.75) is 75.6 Å². The summed E-state index contributed by atoms with van der Waals surface area (Å²) >= 11 is 0. The van der Waals surface area contributed by atoms with Crippen molar-refractivity contribution in [2.75, 3.05) is 20.3 Å². The molecule has 8 rings (SSSR count). The van der Waals surface area contributed by atoms with Gasteiger partial charge >= 0.3 is 0 Å². The molecule has 0 aromatic heterocycles. The lowest BCUT2D eigenvalue weighted by Crippen LogP contribution is -2.67. The maximum Gasteiger partial charge on any atom is 0.252 e. The van der Waals surface area contributed by atoms with E-state index >= 15 is 0 Å². The van der Waals surface area contributed by atoms with Gasteiger partial charge in [0.05, 0.1) is 26.9 Å². The monoisotopic (exact) mass is 771 g/mol. The Labute approximate surface area is 331 Å². The number of hydrogen-bond acceptors (Lipinski definition) is 7. The van der Waals surface area contributed by atoms with Crippen LogP contribution in [0.3, 0.4) is 0 Å². The summed E-state index contributed by atoms with van der Waals surface area (Å²) in [6.45, 7) is 1.13. The Morgan fingerprint density at radius 3 is 2.05 bits per heavy atom.